The van der Waals surface area contributed by atoms with Crippen molar-refractivity contribution in [1.82, 2.24) is 39.1 Å². The van der Waals surface area contributed by atoms with Crippen molar-refractivity contribution >= 4 is 17.2 Å². The van der Waals surface area contributed by atoms with Crippen molar-refractivity contribution in [2.45, 2.75) is 19.9 Å². The number of fused-ring (bicyclic) bond motifs is 2. The van der Waals surface area contributed by atoms with Gasteiger partial charge in [0.1, 0.15) is 11.3 Å². The third kappa shape index (κ3) is 4.39. The van der Waals surface area contributed by atoms with Crippen LogP contribution in [0, 0.1) is 18.8 Å². The zero-order valence-electron chi connectivity index (χ0n) is 22.0. The largest absolute Gasteiger partial charge is 0.343 e. The van der Waals surface area contributed by atoms with Crippen LogP contribution in [0.3, 0.4) is 0 Å². The van der Waals surface area contributed by atoms with E-state index in [-0.39, 0.29) is 11.5 Å². The molecular formula is C30H24N8O2. The second-order valence-corrected chi connectivity index (χ2v) is 9.34. The third-order valence-corrected chi connectivity index (χ3v) is 6.52. The minimum Gasteiger partial charge on any atom is -0.343 e. The van der Waals surface area contributed by atoms with Crippen LogP contribution >= 0.6 is 0 Å². The van der Waals surface area contributed by atoms with Crippen LogP contribution in [-0.4, -0.2) is 39.7 Å². The molecule has 0 saturated heterocycles. The first kappa shape index (κ1) is 24.8. The zero-order valence-corrected chi connectivity index (χ0v) is 22.0. The molecule has 0 spiro atoms. The Morgan fingerprint density at radius 2 is 1.75 bits per heavy atom. The number of amides is 1. The lowest BCUT2D eigenvalue weighted by atomic mass is 10.0. The van der Waals surface area contributed by atoms with Gasteiger partial charge in [0.15, 0.2) is 11.3 Å². The minimum absolute atomic E-state index is 0.281. The molecule has 6 aromatic rings. The van der Waals surface area contributed by atoms with Crippen molar-refractivity contribution in [3.8, 4) is 23.0 Å². The number of rotatable bonds is 4. The fourth-order valence-electron chi connectivity index (χ4n) is 4.70. The fourth-order valence-corrected chi connectivity index (χ4v) is 4.70. The summed E-state index contributed by atoms with van der Waals surface area (Å²) in [6, 6.07) is 17.6. The molecule has 40 heavy (non-hydrogen) atoms. The SMILES string of the molecule is Cc1nc2cccnn2c1C(=O)N[C@@H](C)c1nc2cccc(C#Cc3cnn(C)c3)n2c(=O)c1-c1ccccc1. The van der Waals surface area contributed by atoms with Gasteiger partial charge in [0.25, 0.3) is 11.5 Å². The quantitative estimate of drug-likeness (QED) is 0.352. The van der Waals surface area contributed by atoms with Crippen molar-refractivity contribution in [2.75, 3.05) is 0 Å². The van der Waals surface area contributed by atoms with E-state index in [0.29, 0.717) is 45.2 Å². The Morgan fingerprint density at radius 3 is 2.52 bits per heavy atom. The van der Waals surface area contributed by atoms with Gasteiger partial charge in [0.05, 0.1) is 34.8 Å². The molecule has 196 valence electrons. The average Bonchev–Trinajstić information content (AvgIpc) is 3.53. The lowest BCUT2D eigenvalue weighted by molar-refractivity contribution is 0.0931. The van der Waals surface area contributed by atoms with Gasteiger partial charge in [0.2, 0.25) is 0 Å². The lowest BCUT2D eigenvalue weighted by Gasteiger charge is -2.18. The van der Waals surface area contributed by atoms with Crippen molar-refractivity contribution in [3.63, 3.8) is 0 Å². The third-order valence-electron chi connectivity index (χ3n) is 6.52. The number of hydrogen-bond acceptors (Lipinski definition) is 6. The topological polar surface area (TPSA) is 111 Å². The number of nitrogens with zero attached hydrogens (tertiary/aromatic N) is 7. The molecule has 0 aliphatic carbocycles. The van der Waals surface area contributed by atoms with E-state index >= 15 is 0 Å². The number of benzene rings is 1. The highest BCUT2D eigenvalue weighted by molar-refractivity contribution is 5.94. The van der Waals surface area contributed by atoms with Crippen LogP contribution in [-0.2, 0) is 7.05 Å². The highest BCUT2D eigenvalue weighted by Crippen LogP contribution is 2.25. The first-order valence-electron chi connectivity index (χ1n) is 12.6. The predicted molar refractivity (Wildman–Crippen MR) is 150 cm³/mol. The molecule has 1 amide bonds. The number of carbonyl (C=O) groups excluding carboxylic acids is 1. The van der Waals surface area contributed by atoms with Gasteiger partial charge in [-0.15, -0.1) is 0 Å². The number of aromatic nitrogens is 7. The van der Waals surface area contributed by atoms with Gasteiger partial charge in [-0.05, 0) is 49.6 Å². The Kier molecular flexibility index (Phi) is 6.16. The van der Waals surface area contributed by atoms with Gasteiger partial charge >= 0.3 is 0 Å². The van der Waals surface area contributed by atoms with E-state index in [1.165, 1.54) is 8.92 Å². The molecule has 1 aromatic carbocycles. The first-order chi connectivity index (χ1) is 19.4. The van der Waals surface area contributed by atoms with Gasteiger partial charge in [-0.2, -0.15) is 10.2 Å². The Morgan fingerprint density at radius 1 is 0.950 bits per heavy atom. The summed E-state index contributed by atoms with van der Waals surface area (Å²) in [5.41, 5.74) is 4.33. The standard InChI is InChI=1S/C30H24N8O2/c1-19(34-29(39)28-20(2)33-25-13-8-16-31-38(25)28)27-26(22-9-5-4-6-10-22)30(40)37-23(11-7-12-24(37)35-27)15-14-21-17-32-36(3)18-21/h4-13,16-19H,1-3H3,(H,34,39)/t19-/m0/s1. The monoisotopic (exact) mass is 528 g/mol. The summed E-state index contributed by atoms with van der Waals surface area (Å²) in [6.45, 7) is 3.57. The van der Waals surface area contributed by atoms with Crippen molar-refractivity contribution < 1.29 is 4.79 Å². The minimum atomic E-state index is -0.612. The summed E-state index contributed by atoms with van der Waals surface area (Å²) < 4.78 is 4.67. The van der Waals surface area contributed by atoms with Crippen LogP contribution in [0.5, 0.6) is 0 Å². The number of hydrogen-bond donors (Lipinski definition) is 1. The molecular weight excluding hydrogens is 504 g/mol. The van der Waals surface area contributed by atoms with E-state index in [9.17, 15) is 9.59 Å². The van der Waals surface area contributed by atoms with Crippen LogP contribution in [0.2, 0.25) is 0 Å². The van der Waals surface area contributed by atoms with Crippen molar-refractivity contribution in [3.05, 3.63) is 118 Å². The molecule has 10 nitrogen and oxygen atoms in total. The molecule has 1 N–H and O–H groups in total. The lowest BCUT2D eigenvalue weighted by Crippen LogP contribution is -2.32. The zero-order chi connectivity index (χ0) is 27.8. The smallest absolute Gasteiger partial charge is 0.272 e. The molecule has 0 unspecified atom stereocenters. The molecule has 0 aliphatic rings. The molecule has 5 heterocycles. The molecule has 0 bridgehead atoms. The van der Waals surface area contributed by atoms with Gasteiger partial charge in [-0.1, -0.05) is 42.3 Å². The van der Waals surface area contributed by atoms with E-state index in [4.69, 9.17) is 4.98 Å². The van der Waals surface area contributed by atoms with E-state index in [2.05, 4.69) is 32.3 Å². The maximum atomic E-state index is 14.1. The van der Waals surface area contributed by atoms with Crippen LogP contribution in [0.25, 0.3) is 22.4 Å². The van der Waals surface area contributed by atoms with E-state index in [0.717, 1.165) is 5.56 Å². The van der Waals surface area contributed by atoms with Crippen LogP contribution in [0.1, 0.15) is 46.1 Å². The normalized spacial score (nSPS) is 11.8. The van der Waals surface area contributed by atoms with Crippen LogP contribution < -0.4 is 10.9 Å². The maximum absolute atomic E-state index is 14.1. The van der Waals surface area contributed by atoms with Crippen molar-refractivity contribution in [2.24, 2.45) is 7.05 Å². The summed E-state index contributed by atoms with van der Waals surface area (Å²) in [4.78, 5) is 36.9. The Bertz CT molecular complexity index is 2030. The summed E-state index contributed by atoms with van der Waals surface area (Å²) in [7, 11) is 1.82. The second-order valence-electron chi connectivity index (χ2n) is 9.34. The molecule has 0 fully saturated rings. The Labute approximate surface area is 229 Å². The maximum Gasteiger partial charge on any atom is 0.272 e. The molecule has 6 rings (SSSR count). The number of carbonyl (C=O) groups is 1. The number of nitrogens with one attached hydrogen (secondary N) is 1. The average molecular weight is 529 g/mol. The fraction of sp³-hybridized carbons (Fsp3) is 0.133. The molecule has 0 aliphatic heterocycles. The summed E-state index contributed by atoms with van der Waals surface area (Å²) in [5, 5.41) is 11.4. The number of imidazole rings is 1. The molecule has 1 atom stereocenters. The molecule has 0 radical (unpaired) electrons. The molecule has 10 heteroatoms. The molecule has 0 saturated carbocycles. The summed E-state index contributed by atoms with van der Waals surface area (Å²) >= 11 is 0. The Hall–Kier alpha value is -5.56. The predicted octanol–water partition coefficient (Wildman–Crippen LogP) is 3.34. The summed E-state index contributed by atoms with van der Waals surface area (Å²) in [6.07, 6.45) is 5.07. The number of aryl methyl sites for hydroxylation is 2. The van der Waals surface area contributed by atoms with Gasteiger partial charge in [0, 0.05) is 19.4 Å². The van der Waals surface area contributed by atoms with E-state index in [1.54, 1.807) is 67.5 Å². The first-order valence-corrected chi connectivity index (χ1v) is 12.6. The van der Waals surface area contributed by atoms with Gasteiger partial charge in [-0.3, -0.25) is 18.7 Å². The van der Waals surface area contributed by atoms with Crippen molar-refractivity contribution in [1.29, 1.82) is 0 Å². The van der Waals surface area contributed by atoms with Gasteiger partial charge < -0.3 is 5.32 Å². The summed E-state index contributed by atoms with van der Waals surface area (Å²) in [5.74, 6) is 5.79. The highest BCUT2D eigenvalue weighted by Gasteiger charge is 2.24. The number of pyridine rings is 1. The van der Waals surface area contributed by atoms with E-state index < -0.39 is 6.04 Å². The van der Waals surface area contributed by atoms with E-state index in [1.807, 2.05) is 37.4 Å². The highest BCUT2D eigenvalue weighted by atomic mass is 16.2. The van der Waals surface area contributed by atoms with Crippen LogP contribution in [0.4, 0.5) is 0 Å². The second kappa shape index (κ2) is 9.96. The van der Waals surface area contributed by atoms with Crippen LogP contribution in [0.15, 0.2) is 84.0 Å². The molecule has 5 aromatic heterocycles. The van der Waals surface area contributed by atoms with Gasteiger partial charge in [-0.25, -0.2) is 14.5 Å². The Balaban J connectivity index is 1.48.